The van der Waals surface area contributed by atoms with E-state index in [-0.39, 0.29) is 21.8 Å². The summed E-state index contributed by atoms with van der Waals surface area (Å²) in [7, 11) is -2.42. The fourth-order valence-electron chi connectivity index (χ4n) is 2.32. The number of rotatable bonds is 4. The van der Waals surface area contributed by atoms with Crippen LogP contribution in [0.5, 0.6) is 0 Å². The number of aromatic amines is 1. The molecule has 6 nitrogen and oxygen atoms in total. The molecule has 9 heteroatoms. The quantitative estimate of drug-likeness (QED) is 0.849. The summed E-state index contributed by atoms with van der Waals surface area (Å²) in [5.41, 5.74) is -0.466. The average Bonchev–Trinajstić information content (AvgIpc) is 2.99. The number of sulfonamides is 1. The van der Waals surface area contributed by atoms with E-state index in [1.165, 1.54) is 32.3 Å². The predicted octanol–water partition coefficient (Wildman–Crippen LogP) is 2.95. The first-order valence-electron chi connectivity index (χ1n) is 7.78. The largest absolute Gasteiger partial charge is 0.356 e. The second kappa shape index (κ2) is 6.81. The predicted molar refractivity (Wildman–Crippen MR) is 94.7 cm³/mol. The number of carbonyl (C=O) groups is 1. The van der Waals surface area contributed by atoms with Crippen molar-refractivity contribution in [3.63, 3.8) is 0 Å². The van der Waals surface area contributed by atoms with E-state index < -0.39 is 33.1 Å². The van der Waals surface area contributed by atoms with Gasteiger partial charge in [-0.05, 0) is 45.4 Å². The highest BCUT2D eigenvalue weighted by Gasteiger charge is 2.25. The van der Waals surface area contributed by atoms with Crippen LogP contribution in [0.4, 0.5) is 14.5 Å². The summed E-state index contributed by atoms with van der Waals surface area (Å²) in [6, 6.07) is 3.43. The Bertz CT molecular complexity index is 923. The van der Waals surface area contributed by atoms with Crippen molar-refractivity contribution >= 4 is 21.6 Å². The Morgan fingerprint density at radius 2 is 1.81 bits per heavy atom. The van der Waals surface area contributed by atoms with Gasteiger partial charge in [-0.1, -0.05) is 0 Å². The molecule has 0 bridgehead atoms. The molecule has 0 saturated heterocycles. The van der Waals surface area contributed by atoms with Crippen LogP contribution in [0, 0.1) is 18.6 Å². The number of nitrogens with one attached hydrogen (secondary N) is 2. The summed E-state index contributed by atoms with van der Waals surface area (Å²) >= 11 is 0. The summed E-state index contributed by atoms with van der Waals surface area (Å²) < 4.78 is 54.1. The number of hydrogen-bond donors (Lipinski definition) is 2. The van der Waals surface area contributed by atoms with Crippen LogP contribution in [0.2, 0.25) is 0 Å². The van der Waals surface area contributed by atoms with Crippen molar-refractivity contribution in [3.05, 3.63) is 47.3 Å². The summed E-state index contributed by atoms with van der Waals surface area (Å²) in [5.74, 6) is -2.63. The van der Waals surface area contributed by atoms with Gasteiger partial charge in [0.1, 0.15) is 10.6 Å². The number of halogens is 2. The van der Waals surface area contributed by atoms with Gasteiger partial charge in [-0.15, -0.1) is 0 Å². The number of benzene rings is 1. The zero-order chi connectivity index (χ0) is 19.9. The lowest BCUT2D eigenvalue weighted by molar-refractivity contribution is 0.0988. The van der Waals surface area contributed by atoms with Gasteiger partial charge in [0, 0.05) is 30.5 Å². The van der Waals surface area contributed by atoms with E-state index in [4.69, 9.17) is 0 Å². The topological polar surface area (TPSA) is 82.3 Å². The van der Waals surface area contributed by atoms with Gasteiger partial charge in [0.05, 0.1) is 0 Å². The Hall–Kier alpha value is -2.26. The number of aromatic nitrogens is 1. The molecule has 1 amide bonds. The summed E-state index contributed by atoms with van der Waals surface area (Å²) in [6.07, 6.45) is 1.20. The fraction of sp³-hybridized carbons (Fsp3) is 0.353. The van der Waals surface area contributed by atoms with Crippen LogP contribution in [0.1, 0.15) is 36.8 Å². The Kier molecular flexibility index (Phi) is 5.25. The van der Waals surface area contributed by atoms with Crippen LogP contribution in [-0.4, -0.2) is 31.9 Å². The highest BCUT2D eigenvalue weighted by molar-refractivity contribution is 7.89. The zero-order valence-electron chi connectivity index (χ0n) is 15.1. The van der Waals surface area contributed by atoms with Crippen LogP contribution in [-0.2, 0) is 10.0 Å². The second-order valence-corrected chi connectivity index (χ2v) is 8.71. The lowest BCUT2D eigenvalue weighted by Crippen LogP contribution is -2.40. The molecule has 0 radical (unpaired) electrons. The Labute approximate surface area is 151 Å². The van der Waals surface area contributed by atoms with E-state index in [0.717, 1.165) is 11.0 Å². The normalized spacial score (nSPS) is 12.3. The van der Waals surface area contributed by atoms with Crippen LogP contribution < -0.4 is 9.62 Å². The minimum atomic E-state index is -3.80. The first-order chi connectivity index (χ1) is 11.8. The summed E-state index contributed by atoms with van der Waals surface area (Å²) in [4.78, 5) is 16.2. The van der Waals surface area contributed by atoms with E-state index in [9.17, 15) is 22.0 Å². The molecule has 0 unspecified atom stereocenters. The van der Waals surface area contributed by atoms with Gasteiger partial charge in [0.25, 0.3) is 5.91 Å². The van der Waals surface area contributed by atoms with Crippen LogP contribution in [0.15, 0.2) is 29.3 Å². The molecule has 0 spiro atoms. The molecule has 2 aromatic rings. The Morgan fingerprint density at radius 1 is 1.19 bits per heavy atom. The third kappa shape index (κ3) is 4.28. The summed E-state index contributed by atoms with van der Waals surface area (Å²) in [6.45, 7) is 6.48. The van der Waals surface area contributed by atoms with Crippen molar-refractivity contribution in [1.29, 1.82) is 0 Å². The number of aryl methyl sites for hydroxylation is 1. The SMILES string of the molecule is Cc1cc(N(C)C(=O)c2cc(S(=O)(=O)NC(C)(C)C)c[nH]2)cc(F)c1F. The third-order valence-corrected chi connectivity index (χ3v) is 5.26. The highest BCUT2D eigenvalue weighted by Crippen LogP contribution is 2.23. The number of nitrogens with zero attached hydrogens (tertiary/aromatic N) is 1. The van der Waals surface area contributed by atoms with E-state index in [2.05, 4.69) is 9.71 Å². The molecule has 0 aliphatic rings. The first kappa shape index (κ1) is 20.1. The first-order valence-corrected chi connectivity index (χ1v) is 9.26. The second-order valence-electron chi connectivity index (χ2n) is 7.03. The van der Waals surface area contributed by atoms with Crippen molar-refractivity contribution in [1.82, 2.24) is 9.71 Å². The highest BCUT2D eigenvalue weighted by atomic mass is 32.2. The number of anilines is 1. The molecule has 0 aliphatic heterocycles. The van der Waals surface area contributed by atoms with Crippen molar-refractivity contribution < 1.29 is 22.0 Å². The Balaban J connectivity index is 2.30. The molecule has 142 valence electrons. The van der Waals surface area contributed by atoms with Gasteiger partial charge in [-0.3, -0.25) is 4.79 Å². The molecular formula is C17H21F2N3O3S. The van der Waals surface area contributed by atoms with E-state index in [0.29, 0.717) is 0 Å². The van der Waals surface area contributed by atoms with Crippen LogP contribution in [0.3, 0.4) is 0 Å². The molecular weight excluding hydrogens is 364 g/mol. The minimum Gasteiger partial charge on any atom is -0.356 e. The molecule has 0 atom stereocenters. The van der Waals surface area contributed by atoms with Crippen molar-refractivity contribution in [2.75, 3.05) is 11.9 Å². The zero-order valence-corrected chi connectivity index (χ0v) is 16.0. The average molecular weight is 385 g/mol. The van der Waals surface area contributed by atoms with Gasteiger partial charge in [0.15, 0.2) is 11.6 Å². The van der Waals surface area contributed by atoms with Gasteiger partial charge in [-0.25, -0.2) is 21.9 Å². The number of carbonyl (C=O) groups excluding carboxylic acids is 1. The van der Waals surface area contributed by atoms with E-state index in [1.807, 2.05) is 0 Å². The van der Waals surface area contributed by atoms with Crippen LogP contribution >= 0.6 is 0 Å². The van der Waals surface area contributed by atoms with E-state index >= 15 is 0 Å². The fourth-order valence-corrected chi connectivity index (χ4v) is 3.73. The van der Waals surface area contributed by atoms with Crippen molar-refractivity contribution in [2.45, 2.75) is 38.1 Å². The van der Waals surface area contributed by atoms with Gasteiger partial charge in [-0.2, -0.15) is 0 Å². The molecule has 1 aromatic carbocycles. The molecule has 2 N–H and O–H groups in total. The molecule has 0 aliphatic carbocycles. The molecule has 0 fully saturated rings. The number of hydrogen-bond acceptors (Lipinski definition) is 3. The minimum absolute atomic E-state index is 0.00386. The van der Waals surface area contributed by atoms with Gasteiger partial charge >= 0.3 is 0 Å². The van der Waals surface area contributed by atoms with Crippen LogP contribution in [0.25, 0.3) is 0 Å². The van der Waals surface area contributed by atoms with Crippen molar-refractivity contribution in [2.24, 2.45) is 0 Å². The van der Waals surface area contributed by atoms with Gasteiger partial charge in [0.2, 0.25) is 10.0 Å². The molecule has 2 rings (SSSR count). The molecule has 26 heavy (non-hydrogen) atoms. The number of amides is 1. The smallest absolute Gasteiger partial charge is 0.274 e. The van der Waals surface area contributed by atoms with E-state index in [1.54, 1.807) is 20.8 Å². The lowest BCUT2D eigenvalue weighted by Gasteiger charge is -2.19. The molecule has 0 saturated carbocycles. The summed E-state index contributed by atoms with van der Waals surface area (Å²) in [5, 5.41) is 0. The van der Waals surface area contributed by atoms with Crippen molar-refractivity contribution in [3.8, 4) is 0 Å². The maximum absolute atomic E-state index is 13.6. The maximum Gasteiger partial charge on any atom is 0.274 e. The lowest BCUT2D eigenvalue weighted by atomic mass is 10.1. The maximum atomic E-state index is 13.6. The Morgan fingerprint density at radius 3 is 2.35 bits per heavy atom. The third-order valence-electron chi connectivity index (χ3n) is 3.52. The standard InChI is InChI=1S/C17H21F2N3O3S/c1-10-6-11(7-13(18)15(10)19)22(5)16(23)14-8-12(9-20-14)26(24,25)21-17(2,3)4/h6-9,20-21H,1-5H3. The van der Waals surface area contributed by atoms with Gasteiger partial charge < -0.3 is 9.88 Å². The molecule has 1 heterocycles. The molecule has 1 aromatic heterocycles. The monoisotopic (exact) mass is 385 g/mol. The number of H-pyrrole nitrogens is 1.